The van der Waals surface area contributed by atoms with E-state index in [2.05, 4.69) is 32.4 Å². The largest absolute Gasteiger partial charge is 0.360 e. The van der Waals surface area contributed by atoms with Gasteiger partial charge in [-0.3, -0.25) is 15.1 Å². The molecule has 8 heteroatoms. The first-order valence-electron chi connectivity index (χ1n) is 8.66. The molecule has 136 valence electrons. The molecule has 0 aliphatic carbocycles. The maximum absolute atomic E-state index is 11.8. The predicted octanol–water partition coefficient (Wildman–Crippen LogP) is 2.95. The molecular weight excluding hydrogens is 344 g/mol. The van der Waals surface area contributed by atoms with E-state index in [0.29, 0.717) is 25.5 Å². The Morgan fingerprint density at radius 1 is 1.15 bits per heavy atom. The molecular formula is C19H18N6O2. The van der Waals surface area contributed by atoms with E-state index < -0.39 is 4.92 Å². The highest BCUT2D eigenvalue weighted by Gasteiger charge is 2.29. The smallest absolute Gasteiger partial charge is 0.353 e. The number of pyridine rings is 1. The molecule has 0 amide bonds. The van der Waals surface area contributed by atoms with E-state index in [4.69, 9.17) is 0 Å². The molecule has 0 bridgehead atoms. The molecule has 2 aromatic heterocycles. The number of hydrogen-bond donors (Lipinski definition) is 1. The van der Waals surface area contributed by atoms with Crippen molar-refractivity contribution in [1.29, 1.82) is 0 Å². The Kier molecular flexibility index (Phi) is 4.61. The standard InChI is InChI=1S/C19H18N6O2/c26-25(27)17-18(21-11-14-4-3-8-20-10-14)22-13-23-19(17)24-9-7-15-5-1-2-6-16(15)12-24/h1-6,8,10,13H,7,9,11-12H2,(H,21,22,23). The Balaban J connectivity index is 1.62. The zero-order valence-corrected chi connectivity index (χ0v) is 14.6. The minimum Gasteiger partial charge on any atom is -0.360 e. The van der Waals surface area contributed by atoms with E-state index in [-0.39, 0.29) is 11.5 Å². The number of fused-ring (bicyclic) bond motifs is 1. The van der Waals surface area contributed by atoms with Gasteiger partial charge in [0.25, 0.3) is 0 Å². The minimum absolute atomic E-state index is 0.0965. The molecule has 0 atom stereocenters. The number of rotatable bonds is 5. The lowest BCUT2D eigenvalue weighted by atomic mass is 10.00. The summed E-state index contributed by atoms with van der Waals surface area (Å²) in [6, 6.07) is 11.9. The van der Waals surface area contributed by atoms with Gasteiger partial charge in [-0.1, -0.05) is 30.3 Å². The van der Waals surface area contributed by atoms with Crippen molar-refractivity contribution in [1.82, 2.24) is 15.0 Å². The normalized spacial score (nSPS) is 13.1. The van der Waals surface area contributed by atoms with Gasteiger partial charge < -0.3 is 10.2 Å². The fourth-order valence-corrected chi connectivity index (χ4v) is 3.26. The zero-order chi connectivity index (χ0) is 18.6. The van der Waals surface area contributed by atoms with Gasteiger partial charge in [-0.15, -0.1) is 0 Å². The topological polar surface area (TPSA) is 97.1 Å². The second kappa shape index (κ2) is 7.36. The number of benzene rings is 1. The molecule has 27 heavy (non-hydrogen) atoms. The van der Waals surface area contributed by atoms with Gasteiger partial charge in [0, 0.05) is 32.0 Å². The van der Waals surface area contributed by atoms with Crippen molar-refractivity contribution in [2.24, 2.45) is 0 Å². The van der Waals surface area contributed by atoms with Gasteiger partial charge in [-0.05, 0) is 29.2 Å². The van der Waals surface area contributed by atoms with Crippen molar-refractivity contribution < 1.29 is 4.92 Å². The van der Waals surface area contributed by atoms with E-state index in [1.807, 2.05) is 29.2 Å². The van der Waals surface area contributed by atoms with E-state index in [0.717, 1.165) is 12.0 Å². The summed E-state index contributed by atoms with van der Waals surface area (Å²) in [6.07, 6.45) is 5.59. The minimum atomic E-state index is -0.415. The molecule has 0 fully saturated rings. The molecule has 3 heterocycles. The monoisotopic (exact) mass is 362 g/mol. The molecule has 8 nitrogen and oxygen atoms in total. The van der Waals surface area contributed by atoms with Crippen LogP contribution in [0.25, 0.3) is 0 Å². The SMILES string of the molecule is O=[N+]([O-])c1c(NCc2cccnc2)ncnc1N1CCc2ccccc2C1. The maximum atomic E-state index is 11.8. The quantitative estimate of drug-likeness (QED) is 0.550. The third-order valence-electron chi connectivity index (χ3n) is 4.60. The summed E-state index contributed by atoms with van der Waals surface area (Å²) < 4.78 is 0. The summed E-state index contributed by atoms with van der Waals surface area (Å²) in [5.41, 5.74) is 3.27. The zero-order valence-electron chi connectivity index (χ0n) is 14.6. The Morgan fingerprint density at radius 2 is 2.00 bits per heavy atom. The average Bonchev–Trinajstić information content (AvgIpc) is 2.72. The summed E-state index contributed by atoms with van der Waals surface area (Å²) >= 11 is 0. The lowest BCUT2D eigenvalue weighted by Crippen LogP contribution is -2.31. The number of hydrogen-bond acceptors (Lipinski definition) is 7. The number of aromatic nitrogens is 3. The summed E-state index contributed by atoms with van der Waals surface area (Å²) in [7, 11) is 0. The second-order valence-electron chi connectivity index (χ2n) is 6.31. The van der Waals surface area contributed by atoms with Crippen LogP contribution in [0.3, 0.4) is 0 Å². The van der Waals surface area contributed by atoms with Crippen LogP contribution in [-0.4, -0.2) is 26.4 Å². The van der Waals surface area contributed by atoms with Crippen LogP contribution in [-0.2, 0) is 19.5 Å². The number of nitro groups is 1. The van der Waals surface area contributed by atoms with Crippen molar-refractivity contribution in [2.75, 3.05) is 16.8 Å². The molecule has 1 N–H and O–H groups in total. The van der Waals surface area contributed by atoms with Crippen LogP contribution in [0.5, 0.6) is 0 Å². The van der Waals surface area contributed by atoms with Crippen molar-refractivity contribution in [2.45, 2.75) is 19.5 Å². The van der Waals surface area contributed by atoms with E-state index >= 15 is 0 Å². The molecule has 1 aliphatic heterocycles. The highest BCUT2D eigenvalue weighted by atomic mass is 16.6. The van der Waals surface area contributed by atoms with Crippen LogP contribution in [0.1, 0.15) is 16.7 Å². The Labute approximate surface area is 156 Å². The number of nitrogens with zero attached hydrogens (tertiary/aromatic N) is 5. The van der Waals surface area contributed by atoms with Crippen molar-refractivity contribution in [3.05, 3.63) is 81.9 Å². The lowest BCUT2D eigenvalue weighted by Gasteiger charge is -2.29. The van der Waals surface area contributed by atoms with Gasteiger partial charge in [-0.25, -0.2) is 9.97 Å². The third kappa shape index (κ3) is 3.55. The molecule has 0 radical (unpaired) electrons. The van der Waals surface area contributed by atoms with Crippen LogP contribution in [0.4, 0.5) is 17.3 Å². The highest BCUT2D eigenvalue weighted by molar-refractivity contribution is 5.70. The average molecular weight is 362 g/mol. The van der Waals surface area contributed by atoms with E-state index in [9.17, 15) is 10.1 Å². The molecule has 3 aromatic rings. The Morgan fingerprint density at radius 3 is 2.78 bits per heavy atom. The molecule has 0 unspecified atom stereocenters. The van der Waals surface area contributed by atoms with Crippen LogP contribution in [0, 0.1) is 10.1 Å². The van der Waals surface area contributed by atoms with Crippen LogP contribution < -0.4 is 10.2 Å². The van der Waals surface area contributed by atoms with Gasteiger partial charge in [-0.2, -0.15) is 0 Å². The van der Waals surface area contributed by atoms with Crippen LogP contribution in [0.15, 0.2) is 55.1 Å². The first-order chi connectivity index (χ1) is 13.2. The van der Waals surface area contributed by atoms with Gasteiger partial charge >= 0.3 is 5.69 Å². The summed E-state index contributed by atoms with van der Waals surface area (Å²) in [5.74, 6) is 0.561. The second-order valence-corrected chi connectivity index (χ2v) is 6.31. The highest BCUT2D eigenvalue weighted by Crippen LogP contribution is 2.34. The van der Waals surface area contributed by atoms with Gasteiger partial charge in [0.1, 0.15) is 6.33 Å². The third-order valence-corrected chi connectivity index (χ3v) is 4.60. The van der Waals surface area contributed by atoms with Crippen LogP contribution in [0.2, 0.25) is 0 Å². The lowest BCUT2D eigenvalue weighted by molar-refractivity contribution is -0.383. The molecule has 4 rings (SSSR count). The molecule has 1 aromatic carbocycles. The van der Waals surface area contributed by atoms with E-state index in [1.165, 1.54) is 17.5 Å². The van der Waals surface area contributed by atoms with Gasteiger partial charge in [0.2, 0.25) is 11.6 Å². The molecule has 0 saturated heterocycles. The fraction of sp³-hybridized carbons (Fsp3) is 0.211. The summed E-state index contributed by atoms with van der Waals surface area (Å²) in [4.78, 5) is 25.7. The van der Waals surface area contributed by atoms with Gasteiger partial charge in [0.15, 0.2) is 0 Å². The summed E-state index contributed by atoms with van der Waals surface area (Å²) in [5, 5.41) is 14.8. The van der Waals surface area contributed by atoms with Gasteiger partial charge in [0.05, 0.1) is 4.92 Å². The van der Waals surface area contributed by atoms with Crippen molar-refractivity contribution >= 4 is 17.3 Å². The maximum Gasteiger partial charge on any atom is 0.353 e. The Bertz CT molecular complexity index is 963. The van der Waals surface area contributed by atoms with E-state index in [1.54, 1.807) is 12.4 Å². The van der Waals surface area contributed by atoms with Crippen molar-refractivity contribution in [3.63, 3.8) is 0 Å². The first-order valence-corrected chi connectivity index (χ1v) is 8.66. The first kappa shape index (κ1) is 16.9. The Hall–Kier alpha value is -3.55. The summed E-state index contributed by atoms with van der Waals surface area (Å²) in [6.45, 7) is 1.67. The predicted molar refractivity (Wildman–Crippen MR) is 101 cm³/mol. The number of nitrogens with one attached hydrogen (secondary N) is 1. The molecule has 0 saturated carbocycles. The van der Waals surface area contributed by atoms with Crippen molar-refractivity contribution in [3.8, 4) is 0 Å². The molecule has 0 spiro atoms. The van der Waals surface area contributed by atoms with Crippen LogP contribution >= 0.6 is 0 Å². The fourth-order valence-electron chi connectivity index (χ4n) is 3.26. The molecule has 1 aliphatic rings. The number of anilines is 2.